The molecule has 1 aliphatic rings. The van der Waals surface area contributed by atoms with Crippen LogP contribution < -0.4 is 4.72 Å². The van der Waals surface area contributed by atoms with Crippen LogP contribution in [0.25, 0.3) is 0 Å². The fourth-order valence-electron chi connectivity index (χ4n) is 2.76. The van der Waals surface area contributed by atoms with Crippen molar-refractivity contribution in [3.05, 3.63) is 78.1 Å². The molecule has 1 fully saturated rings. The van der Waals surface area contributed by atoms with Gasteiger partial charge in [0.25, 0.3) is 5.91 Å². The molecule has 0 spiro atoms. The molecule has 2 aromatic rings. The molecule has 1 N–H and O–H groups in total. The van der Waals surface area contributed by atoms with Crippen LogP contribution >= 0.6 is 0 Å². The van der Waals surface area contributed by atoms with E-state index in [1.165, 1.54) is 36.4 Å². The first kappa shape index (κ1) is 19.3. The molecule has 0 heterocycles. The van der Waals surface area contributed by atoms with Gasteiger partial charge in [0.05, 0.1) is 4.90 Å². The van der Waals surface area contributed by atoms with Crippen LogP contribution in [0.4, 0.5) is 4.39 Å². The lowest BCUT2D eigenvalue weighted by atomic mass is 10.1. The molecular weight excluding hydrogens is 367 g/mol. The molecule has 142 valence electrons. The van der Waals surface area contributed by atoms with E-state index in [2.05, 4.69) is 11.3 Å². The monoisotopic (exact) mass is 388 g/mol. The molecule has 0 bridgehead atoms. The van der Waals surface area contributed by atoms with Gasteiger partial charge in [0.2, 0.25) is 10.0 Å². The van der Waals surface area contributed by atoms with Crippen LogP contribution in [0, 0.1) is 5.82 Å². The molecule has 0 aromatic heterocycles. The molecule has 1 amide bonds. The summed E-state index contributed by atoms with van der Waals surface area (Å²) in [5, 5.41) is 0. The highest BCUT2D eigenvalue weighted by atomic mass is 32.2. The van der Waals surface area contributed by atoms with Crippen LogP contribution in [0.2, 0.25) is 0 Å². The minimum atomic E-state index is -3.64. The fraction of sp³-hybridized carbons (Fsp3) is 0.250. The second-order valence-electron chi connectivity index (χ2n) is 6.42. The van der Waals surface area contributed by atoms with Gasteiger partial charge in [-0.05, 0) is 43.2 Å². The first-order valence-corrected chi connectivity index (χ1v) is 10.2. The Morgan fingerprint density at radius 2 is 1.85 bits per heavy atom. The Morgan fingerprint density at radius 1 is 1.19 bits per heavy atom. The van der Waals surface area contributed by atoms with Gasteiger partial charge < -0.3 is 4.90 Å². The van der Waals surface area contributed by atoms with E-state index in [0.717, 1.165) is 12.8 Å². The highest BCUT2D eigenvalue weighted by Gasteiger charge is 2.33. The standard InChI is InChI=1S/C20H21FN2O3S/c1-2-13-22-27(25,26)18-11-7-15(8-12-18)20(24)23(17-9-10-17)14-16-5-3-4-6-19(16)21/h2-8,11-12,17,22H,1,9-10,13-14H2. The summed E-state index contributed by atoms with van der Waals surface area (Å²) in [6.07, 6.45) is 3.22. The third-order valence-electron chi connectivity index (χ3n) is 4.38. The summed E-state index contributed by atoms with van der Waals surface area (Å²) in [6.45, 7) is 3.79. The lowest BCUT2D eigenvalue weighted by Crippen LogP contribution is -2.33. The van der Waals surface area contributed by atoms with Crippen molar-refractivity contribution in [1.29, 1.82) is 0 Å². The van der Waals surface area contributed by atoms with Crippen molar-refractivity contribution in [2.45, 2.75) is 30.3 Å². The Kier molecular flexibility index (Phi) is 5.72. The molecule has 0 saturated heterocycles. The van der Waals surface area contributed by atoms with E-state index in [0.29, 0.717) is 11.1 Å². The van der Waals surface area contributed by atoms with Crippen LogP contribution in [0.1, 0.15) is 28.8 Å². The normalized spacial score (nSPS) is 14.0. The van der Waals surface area contributed by atoms with E-state index >= 15 is 0 Å². The third kappa shape index (κ3) is 4.61. The number of carbonyl (C=O) groups is 1. The summed E-state index contributed by atoms with van der Waals surface area (Å²) in [5.41, 5.74) is 0.839. The predicted molar refractivity (Wildman–Crippen MR) is 101 cm³/mol. The topological polar surface area (TPSA) is 66.5 Å². The maximum absolute atomic E-state index is 14.0. The van der Waals surface area contributed by atoms with E-state index in [1.807, 2.05) is 0 Å². The minimum absolute atomic E-state index is 0.0768. The van der Waals surface area contributed by atoms with Crippen molar-refractivity contribution in [3.8, 4) is 0 Å². The molecule has 1 saturated carbocycles. The number of sulfonamides is 1. The predicted octanol–water partition coefficient (Wildman–Crippen LogP) is 3.09. The minimum Gasteiger partial charge on any atom is -0.331 e. The van der Waals surface area contributed by atoms with Crippen molar-refractivity contribution in [2.75, 3.05) is 6.54 Å². The van der Waals surface area contributed by atoms with Gasteiger partial charge in [-0.25, -0.2) is 17.5 Å². The quantitative estimate of drug-likeness (QED) is 0.707. The van der Waals surface area contributed by atoms with Crippen LogP contribution in [0.5, 0.6) is 0 Å². The first-order chi connectivity index (χ1) is 12.9. The van der Waals surface area contributed by atoms with Gasteiger partial charge >= 0.3 is 0 Å². The van der Waals surface area contributed by atoms with E-state index in [9.17, 15) is 17.6 Å². The van der Waals surface area contributed by atoms with Crippen LogP contribution in [-0.4, -0.2) is 31.8 Å². The SMILES string of the molecule is C=CCNS(=O)(=O)c1ccc(C(=O)N(Cc2ccccc2F)C2CC2)cc1. The van der Waals surface area contributed by atoms with Gasteiger partial charge in [-0.1, -0.05) is 24.3 Å². The number of halogens is 1. The zero-order chi connectivity index (χ0) is 19.4. The summed E-state index contributed by atoms with van der Waals surface area (Å²) in [4.78, 5) is 14.6. The molecule has 27 heavy (non-hydrogen) atoms. The van der Waals surface area contributed by atoms with Crippen molar-refractivity contribution in [2.24, 2.45) is 0 Å². The first-order valence-electron chi connectivity index (χ1n) is 8.67. The number of hydrogen-bond donors (Lipinski definition) is 1. The van der Waals surface area contributed by atoms with Crippen molar-refractivity contribution < 1.29 is 17.6 Å². The third-order valence-corrected chi connectivity index (χ3v) is 5.82. The molecule has 0 atom stereocenters. The number of hydrogen-bond acceptors (Lipinski definition) is 3. The van der Waals surface area contributed by atoms with Crippen molar-refractivity contribution >= 4 is 15.9 Å². The molecule has 3 rings (SSSR count). The summed E-state index contributed by atoms with van der Waals surface area (Å²) in [6, 6.07) is 12.3. The number of nitrogens with one attached hydrogen (secondary N) is 1. The fourth-order valence-corrected chi connectivity index (χ4v) is 3.76. The largest absolute Gasteiger partial charge is 0.331 e. The molecule has 0 aliphatic heterocycles. The summed E-state index contributed by atoms with van der Waals surface area (Å²) in [7, 11) is -3.64. The summed E-state index contributed by atoms with van der Waals surface area (Å²) < 4.78 is 40.6. The smallest absolute Gasteiger partial charge is 0.254 e. The molecule has 7 heteroatoms. The average Bonchev–Trinajstić information content (AvgIpc) is 3.50. The van der Waals surface area contributed by atoms with Gasteiger partial charge in [0.1, 0.15) is 5.82 Å². The Labute approximate surface area is 158 Å². The number of amides is 1. The molecule has 2 aromatic carbocycles. The van der Waals surface area contributed by atoms with Crippen molar-refractivity contribution in [3.63, 3.8) is 0 Å². The van der Waals surface area contributed by atoms with E-state index in [1.54, 1.807) is 23.1 Å². The van der Waals surface area contributed by atoms with Gasteiger partial charge in [-0.15, -0.1) is 6.58 Å². The lowest BCUT2D eigenvalue weighted by Gasteiger charge is -2.23. The second kappa shape index (κ2) is 8.02. The van der Waals surface area contributed by atoms with Gasteiger partial charge in [0.15, 0.2) is 0 Å². The van der Waals surface area contributed by atoms with Gasteiger partial charge in [-0.2, -0.15) is 0 Å². The Hall–Kier alpha value is -2.51. The van der Waals surface area contributed by atoms with Crippen LogP contribution in [0.15, 0.2) is 66.1 Å². The summed E-state index contributed by atoms with van der Waals surface area (Å²) in [5.74, 6) is -0.575. The highest BCUT2D eigenvalue weighted by Crippen LogP contribution is 2.30. The zero-order valence-electron chi connectivity index (χ0n) is 14.8. The van der Waals surface area contributed by atoms with Crippen molar-refractivity contribution in [1.82, 2.24) is 9.62 Å². The number of rotatable bonds is 8. The Morgan fingerprint density at radius 3 is 2.44 bits per heavy atom. The second-order valence-corrected chi connectivity index (χ2v) is 8.19. The van der Waals surface area contributed by atoms with E-state index in [4.69, 9.17) is 0 Å². The van der Waals surface area contributed by atoms with Gasteiger partial charge in [0, 0.05) is 30.3 Å². The lowest BCUT2D eigenvalue weighted by molar-refractivity contribution is 0.0728. The Bertz CT molecular complexity index is 938. The average molecular weight is 388 g/mol. The molecule has 0 unspecified atom stereocenters. The maximum atomic E-state index is 14.0. The summed E-state index contributed by atoms with van der Waals surface area (Å²) >= 11 is 0. The Balaban J connectivity index is 1.79. The molecule has 1 aliphatic carbocycles. The molecule has 5 nitrogen and oxygen atoms in total. The van der Waals surface area contributed by atoms with E-state index in [-0.39, 0.29) is 35.8 Å². The number of nitrogens with zero attached hydrogens (tertiary/aromatic N) is 1. The van der Waals surface area contributed by atoms with Crippen LogP contribution in [0.3, 0.4) is 0 Å². The number of carbonyl (C=O) groups excluding carboxylic acids is 1. The highest BCUT2D eigenvalue weighted by molar-refractivity contribution is 7.89. The molecular formula is C20H21FN2O3S. The number of benzene rings is 2. The maximum Gasteiger partial charge on any atom is 0.254 e. The van der Waals surface area contributed by atoms with Gasteiger partial charge in [-0.3, -0.25) is 4.79 Å². The van der Waals surface area contributed by atoms with Crippen LogP contribution in [-0.2, 0) is 16.6 Å². The molecule has 0 radical (unpaired) electrons. The van der Waals surface area contributed by atoms with E-state index < -0.39 is 10.0 Å². The zero-order valence-corrected chi connectivity index (χ0v) is 15.6.